The zero-order valence-corrected chi connectivity index (χ0v) is 16.4. The van der Waals surface area contributed by atoms with Crippen molar-refractivity contribution in [2.75, 3.05) is 12.4 Å². The van der Waals surface area contributed by atoms with Gasteiger partial charge in [-0.25, -0.2) is 4.39 Å². The zero-order chi connectivity index (χ0) is 19.6. The van der Waals surface area contributed by atoms with Crippen LogP contribution in [0, 0.1) is 18.7 Å². The van der Waals surface area contributed by atoms with Gasteiger partial charge in [-0.2, -0.15) is 0 Å². The number of esters is 1. The van der Waals surface area contributed by atoms with Crippen molar-refractivity contribution in [1.82, 2.24) is 4.98 Å². The molecule has 2 aliphatic carbocycles. The van der Waals surface area contributed by atoms with Crippen molar-refractivity contribution in [3.8, 4) is 0 Å². The molecule has 2 aliphatic rings. The van der Waals surface area contributed by atoms with Crippen molar-refractivity contribution in [3.05, 3.63) is 58.7 Å². The topological polar surface area (TPSA) is 51.2 Å². The number of methoxy groups -OCH3 is 1. The lowest BCUT2D eigenvalue weighted by Gasteiger charge is -2.16. The molecule has 0 saturated heterocycles. The van der Waals surface area contributed by atoms with E-state index in [0.717, 1.165) is 47.3 Å². The highest BCUT2D eigenvalue weighted by Gasteiger charge is 2.45. The molecule has 5 heteroatoms. The number of hydrogen-bond donors (Lipinski definition) is 1. The zero-order valence-electron chi connectivity index (χ0n) is 16.4. The van der Waals surface area contributed by atoms with E-state index in [4.69, 9.17) is 4.74 Å². The Labute approximate surface area is 160 Å². The summed E-state index contributed by atoms with van der Waals surface area (Å²) in [7, 11) is 1.42. The largest absolute Gasteiger partial charge is 0.469 e. The Balaban J connectivity index is 0.00000102. The predicted octanol–water partition coefficient (Wildman–Crippen LogP) is 4.93. The maximum absolute atomic E-state index is 14.3. The second-order valence-electron chi connectivity index (χ2n) is 6.94. The Bertz CT molecular complexity index is 820. The number of aromatic nitrogens is 1. The molecular formula is C22H27FN2O2. The van der Waals surface area contributed by atoms with E-state index in [1.165, 1.54) is 7.11 Å². The van der Waals surface area contributed by atoms with Crippen LogP contribution < -0.4 is 5.32 Å². The van der Waals surface area contributed by atoms with Gasteiger partial charge in [0, 0.05) is 17.2 Å². The Morgan fingerprint density at radius 3 is 2.70 bits per heavy atom. The number of nitrogens with zero attached hydrogens (tertiary/aromatic N) is 1. The van der Waals surface area contributed by atoms with Crippen molar-refractivity contribution in [2.45, 2.75) is 52.0 Å². The first kappa shape index (κ1) is 19.3. The molecule has 1 aromatic heterocycles. The van der Waals surface area contributed by atoms with E-state index in [0.29, 0.717) is 0 Å². The standard InChI is InChI=1S/C20H21FN2O2.C2H6/c1-11-3-6-16(21)19-13(11)5-8-18(19)23-12-4-7-17(22-10-12)14-9-15(14)20(24)25-2;1-2/h3-4,6-7,10,14-15,18,23H,5,8-9H2,1-2H3;1-2H3/t14?,15-,18?;/m0./s1. The SMILES string of the molecule is CC.COC(=O)[C@H]1CC1c1ccc(NC2CCc3c(C)ccc(F)c32)cn1. The first-order valence-electron chi connectivity index (χ1n) is 9.66. The maximum atomic E-state index is 14.3. The van der Waals surface area contributed by atoms with Crippen LogP contribution in [0.4, 0.5) is 10.1 Å². The van der Waals surface area contributed by atoms with Crippen LogP contribution in [-0.2, 0) is 16.0 Å². The molecule has 1 N–H and O–H groups in total. The molecule has 144 valence electrons. The highest BCUT2D eigenvalue weighted by Crippen LogP contribution is 2.47. The van der Waals surface area contributed by atoms with Gasteiger partial charge in [0.2, 0.25) is 0 Å². The summed E-state index contributed by atoms with van der Waals surface area (Å²) in [6.45, 7) is 6.03. The third-order valence-electron chi connectivity index (χ3n) is 5.37. The van der Waals surface area contributed by atoms with Crippen molar-refractivity contribution in [2.24, 2.45) is 5.92 Å². The van der Waals surface area contributed by atoms with E-state index < -0.39 is 0 Å². The van der Waals surface area contributed by atoms with Crippen LogP contribution in [0.1, 0.15) is 61.0 Å². The minimum atomic E-state index is -0.164. The van der Waals surface area contributed by atoms with Crippen LogP contribution in [0.2, 0.25) is 0 Å². The van der Waals surface area contributed by atoms with E-state index in [9.17, 15) is 9.18 Å². The van der Waals surface area contributed by atoms with Crippen LogP contribution in [0.25, 0.3) is 0 Å². The first-order chi connectivity index (χ1) is 13.1. The first-order valence-corrected chi connectivity index (χ1v) is 9.66. The van der Waals surface area contributed by atoms with Crippen molar-refractivity contribution in [3.63, 3.8) is 0 Å². The molecule has 2 unspecified atom stereocenters. The predicted molar refractivity (Wildman–Crippen MR) is 104 cm³/mol. The van der Waals surface area contributed by atoms with Gasteiger partial charge in [-0.3, -0.25) is 9.78 Å². The molecule has 0 aliphatic heterocycles. The molecule has 1 fully saturated rings. The minimum absolute atomic E-state index is 0.0220. The number of benzene rings is 1. The number of halogens is 1. The van der Waals surface area contributed by atoms with Gasteiger partial charge in [0.15, 0.2) is 0 Å². The van der Waals surface area contributed by atoms with Crippen molar-refractivity contribution in [1.29, 1.82) is 0 Å². The quantitative estimate of drug-likeness (QED) is 0.775. The van der Waals surface area contributed by atoms with E-state index >= 15 is 0 Å². The van der Waals surface area contributed by atoms with Gasteiger partial charge < -0.3 is 10.1 Å². The molecule has 1 aromatic carbocycles. The van der Waals surface area contributed by atoms with E-state index in [1.807, 2.05) is 39.0 Å². The number of pyridine rings is 1. The number of carbonyl (C=O) groups is 1. The number of nitrogens with one attached hydrogen (secondary N) is 1. The van der Waals surface area contributed by atoms with E-state index in [2.05, 4.69) is 10.3 Å². The smallest absolute Gasteiger partial charge is 0.309 e. The fourth-order valence-electron chi connectivity index (χ4n) is 3.88. The van der Waals surface area contributed by atoms with Gasteiger partial charge >= 0.3 is 5.97 Å². The molecule has 0 spiro atoms. The number of anilines is 1. The van der Waals surface area contributed by atoms with Gasteiger partial charge in [0.05, 0.1) is 31.0 Å². The van der Waals surface area contributed by atoms with Gasteiger partial charge in [-0.15, -0.1) is 0 Å². The fourth-order valence-corrected chi connectivity index (χ4v) is 3.88. The lowest BCUT2D eigenvalue weighted by atomic mass is 10.0. The number of hydrogen-bond acceptors (Lipinski definition) is 4. The van der Waals surface area contributed by atoms with Gasteiger partial charge in [0.25, 0.3) is 0 Å². The average molecular weight is 370 g/mol. The molecule has 3 atom stereocenters. The summed E-state index contributed by atoms with van der Waals surface area (Å²) in [5.41, 5.74) is 4.85. The number of rotatable bonds is 4. The fraction of sp³-hybridized carbons (Fsp3) is 0.455. The van der Waals surface area contributed by atoms with Gasteiger partial charge in [-0.05, 0) is 55.5 Å². The van der Waals surface area contributed by atoms with E-state index in [-0.39, 0.29) is 29.7 Å². The van der Waals surface area contributed by atoms with Crippen LogP contribution >= 0.6 is 0 Å². The lowest BCUT2D eigenvalue weighted by Crippen LogP contribution is -2.09. The summed E-state index contributed by atoms with van der Waals surface area (Å²) in [5, 5.41) is 3.40. The molecular weight excluding hydrogens is 343 g/mol. The van der Waals surface area contributed by atoms with Gasteiger partial charge in [0.1, 0.15) is 5.82 Å². The number of fused-ring (bicyclic) bond motifs is 1. The third kappa shape index (κ3) is 3.82. The maximum Gasteiger partial charge on any atom is 0.309 e. The summed E-state index contributed by atoms with van der Waals surface area (Å²) in [5.74, 6) is -0.203. The normalized spacial score (nSPS) is 22.3. The third-order valence-corrected chi connectivity index (χ3v) is 5.37. The highest BCUT2D eigenvalue weighted by molar-refractivity contribution is 5.77. The monoisotopic (exact) mass is 370 g/mol. The summed E-state index contributed by atoms with van der Waals surface area (Å²) < 4.78 is 19.0. The Morgan fingerprint density at radius 2 is 2.04 bits per heavy atom. The van der Waals surface area contributed by atoms with E-state index in [1.54, 1.807) is 12.3 Å². The average Bonchev–Trinajstić information content (AvgIpc) is 3.39. The molecule has 1 heterocycles. The summed E-state index contributed by atoms with van der Waals surface area (Å²) in [6.07, 6.45) is 4.34. The molecule has 4 rings (SSSR count). The molecule has 0 amide bonds. The number of ether oxygens (including phenoxy) is 1. The van der Waals surface area contributed by atoms with Crippen LogP contribution in [0.3, 0.4) is 0 Å². The molecule has 2 aromatic rings. The summed E-state index contributed by atoms with van der Waals surface area (Å²) in [4.78, 5) is 16.0. The van der Waals surface area contributed by atoms with Crippen LogP contribution in [0.15, 0.2) is 30.5 Å². The molecule has 0 radical (unpaired) electrons. The highest BCUT2D eigenvalue weighted by atomic mass is 19.1. The second kappa shape index (κ2) is 8.07. The second-order valence-corrected chi connectivity index (χ2v) is 6.94. The summed E-state index contributed by atoms with van der Waals surface area (Å²) >= 11 is 0. The van der Waals surface area contributed by atoms with Crippen molar-refractivity contribution < 1.29 is 13.9 Å². The molecule has 4 nitrogen and oxygen atoms in total. The van der Waals surface area contributed by atoms with Crippen molar-refractivity contribution >= 4 is 11.7 Å². The van der Waals surface area contributed by atoms with Crippen LogP contribution in [0.5, 0.6) is 0 Å². The number of aryl methyl sites for hydroxylation is 1. The lowest BCUT2D eigenvalue weighted by molar-refractivity contribution is -0.142. The Kier molecular flexibility index (Phi) is 5.78. The van der Waals surface area contributed by atoms with Crippen LogP contribution in [-0.4, -0.2) is 18.1 Å². The Morgan fingerprint density at radius 1 is 1.26 bits per heavy atom. The minimum Gasteiger partial charge on any atom is -0.469 e. The summed E-state index contributed by atoms with van der Waals surface area (Å²) in [6, 6.07) is 7.28. The molecule has 1 saturated carbocycles. The number of carbonyl (C=O) groups excluding carboxylic acids is 1. The Hall–Kier alpha value is -2.43. The molecule has 27 heavy (non-hydrogen) atoms. The van der Waals surface area contributed by atoms with Gasteiger partial charge in [-0.1, -0.05) is 19.9 Å². The molecule has 0 bridgehead atoms.